The van der Waals surface area contributed by atoms with Crippen molar-refractivity contribution in [2.24, 2.45) is 0 Å². The second-order valence-electron chi connectivity index (χ2n) is 1.60. The minimum Gasteiger partial charge on any atom is -0.508 e. The summed E-state index contributed by atoms with van der Waals surface area (Å²) in [5, 5.41) is 8.91. The molecule has 0 radical (unpaired) electrons. The van der Waals surface area contributed by atoms with E-state index in [4.69, 9.17) is 5.11 Å². The molecule has 0 atom stereocenters. The van der Waals surface area contributed by atoms with E-state index in [0.29, 0.717) is 5.75 Å². The minimum atomic E-state index is 0.308. The molecule has 0 unspecified atom stereocenters. The second kappa shape index (κ2) is 2.88. The molecular formula is C6H4BrIO. The summed E-state index contributed by atoms with van der Waals surface area (Å²) in [6.45, 7) is 0. The first-order chi connectivity index (χ1) is 4.20. The average molecular weight is 299 g/mol. The van der Waals surface area contributed by atoms with Gasteiger partial charge in [0.25, 0.3) is 0 Å². The van der Waals surface area contributed by atoms with E-state index < -0.39 is 0 Å². The van der Waals surface area contributed by atoms with Gasteiger partial charge in [0, 0.05) is 8.04 Å². The van der Waals surface area contributed by atoms with Gasteiger partial charge in [-0.1, -0.05) is 0 Å². The molecule has 3 heteroatoms. The van der Waals surface area contributed by atoms with E-state index in [-0.39, 0.29) is 0 Å². The molecule has 0 spiro atoms. The molecule has 1 N–H and O–H groups in total. The molecule has 0 saturated carbocycles. The Balaban J connectivity index is 3.17. The molecule has 1 aromatic rings. The highest BCUT2D eigenvalue weighted by Gasteiger charge is 1.94. The lowest BCUT2D eigenvalue weighted by atomic mass is 10.3. The van der Waals surface area contributed by atoms with E-state index >= 15 is 0 Å². The Labute approximate surface area is 75.4 Å². The molecule has 0 saturated heterocycles. The maximum atomic E-state index is 8.91. The zero-order valence-electron chi connectivity index (χ0n) is 4.44. The van der Waals surface area contributed by atoms with E-state index in [1.54, 1.807) is 12.1 Å². The van der Waals surface area contributed by atoms with E-state index in [9.17, 15) is 0 Å². The Morgan fingerprint density at radius 2 is 2.11 bits per heavy atom. The van der Waals surface area contributed by atoms with Crippen molar-refractivity contribution in [3.8, 4) is 5.75 Å². The summed E-state index contributed by atoms with van der Waals surface area (Å²) < 4.78 is 2.04. The molecule has 48 valence electrons. The molecule has 1 aromatic carbocycles. The quantitative estimate of drug-likeness (QED) is 0.730. The summed E-state index contributed by atoms with van der Waals surface area (Å²) in [6.07, 6.45) is 0. The summed E-state index contributed by atoms with van der Waals surface area (Å²) >= 11 is 5.45. The number of hydrogen-bond donors (Lipinski definition) is 1. The van der Waals surface area contributed by atoms with Crippen LogP contribution in [0.2, 0.25) is 0 Å². The minimum absolute atomic E-state index is 0.308. The molecule has 0 aliphatic heterocycles. The first-order valence-corrected chi connectivity index (χ1v) is 4.21. The van der Waals surface area contributed by atoms with Gasteiger partial charge in [-0.25, -0.2) is 0 Å². The van der Waals surface area contributed by atoms with Crippen LogP contribution in [0.25, 0.3) is 0 Å². The molecule has 1 rings (SSSR count). The predicted molar refractivity (Wildman–Crippen MR) is 48.5 cm³/mol. The summed E-state index contributed by atoms with van der Waals surface area (Å²) in [5.41, 5.74) is 0. The Kier molecular flexibility index (Phi) is 2.35. The van der Waals surface area contributed by atoms with Crippen LogP contribution in [0.4, 0.5) is 0 Å². The highest BCUT2D eigenvalue weighted by molar-refractivity contribution is 14.1. The number of phenols is 1. The number of phenolic OH excluding ortho intramolecular Hbond substituents is 1. The summed E-state index contributed by atoms with van der Waals surface area (Å²) in [5.74, 6) is 0.308. The van der Waals surface area contributed by atoms with Crippen molar-refractivity contribution >= 4 is 38.5 Å². The maximum absolute atomic E-state index is 8.91. The van der Waals surface area contributed by atoms with Crippen LogP contribution in [-0.2, 0) is 0 Å². The van der Waals surface area contributed by atoms with Crippen LogP contribution in [0.3, 0.4) is 0 Å². The average Bonchev–Trinajstić information content (AvgIpc) is 1.80. The first kappa shape index (κ1) is 7.34. The van der Waals surface area contributed by atoms with Crippen LogP contribution in [0, 0.1) is 3.57 Å². The van der Waals surface area contributed by atoms with Crippen molar-refractivity contribution in [3.05, 3.63) is 26.2 Å². The fourth-order valence-electron chi connectivity index (χ4n) is 0.485. The van der Waals surface area contributed by atoms with E-state index in [1.165, 1.54) is 0 Å². The van der Waals surface area contributed by atoms with Gasteiger partial charge in [0.05, 0.1) is 0 Å². The van der Waals surface area contributed by atoms with E-state index in [1.807, 2.05) is 6.07 Å². The van der Waals surface area contributed by atoms with Crippen LogP contribution in [0.1, 0.15) is 0 Å². The molecule has 0 fully saturated rings. The monoisotopic (exact) mass is 298 g/mol. The topological polar surface area (TPSA) is 20.2 Å². The zero-order chi connectivity index (χ0) is 6.85. The third-order valence-corrected chi connectivity index (χ3v) is 3.23. The molecule has 9 heavy (non-hydrogen) atoms. The van der Waals surface area contributed by atoms with Crippen molar-refractivity contribution in [3.63, 3.8) is 0 Å². The Hall–Kier alpha value is 0.230. The largest absolute Gasteiger partial charge is 0.508 e. The van der Waals surface area contributed by atoms with Crippen molar-refractivity contribution in [1.29, 1.82) is 0 Å². The van der Waals surface area contributed by atoms with Crippen LogP contribution < -0.4 is 0 Å². The van der Waals surface area contributed by atoms with Crippen LogP contribution in [0.15, 0.2) is 22.7 Å². The van der Waals surface area contributed by atoms with Crippen molar-refractivity contribution in [1.82, 2.24) is 0 Å². The van der Waals surface area contributed by atoms with Gasteiger partial charge in [-0.2, -0.15) is 0 Å². The van der Waals surface area contributed by atoms with Gasteiger partial charge in [0.1, 0.15) is 5.75 Å². The molecule has 0 aliphatic rings. The van der Waals surface area contributed by atoms with Crippen LogP contribution in [0.5, 0.6) is 5.75 Å². The van der Waals surface area contributed by atoms with Crippen molar-refractivity contribution < 1.29 is 5.11 Å². The summed E-state index contributed by atoms with van der Waals surface area (Å²) in [7, 11) is 0. The lowest BCUT2D eigenvalue weighted by molar-refractivity contribution is 0.475. The fourth-order valence-corrected chi connectivity index (χ4v) is 1.23. The fraction of sp³-hybridized carbons (Fsp3) is 0. The second-order valence-corrected chi connectivity index (χ2v) is 3.61. The lowest BCUT2D eigenvalue weighted by Gasteiger charge is -1.94. The molecule has 1 nitrogen and oxygen atoms in total. The Morgan fingerprint density at radius 1 is 1.44 bits per heavy atom. The zero-order valence-corrected chi connectivity index (χ0v) is 8.18. The first-order valence-electron chi connectivity index (χ1n) is 2.34. The van der Waals surface area contributed by atoms with Gasteiger partial charge in [-0.3, -0.25) is 0 Å². The number of aromatic hydroxyl groups is 1. The maximum Gasteiger partial charge on any atom is 0.116 e. The van der Waals surface area contributed by atoms with Crippen molar-refractivity contribution in [2.75, 3.05) is 0 Å². The van der Waals surface area contributed by atoms with Crippen molar-refractivity contribution in [2.45, 2.75) is 0 Å². The smallest absolute Gasteiger partial charge is 0.116 e. The molecule has 0 aliphatic carbocycles. The van der Waals surface area contributed by atoms with Gasteiger partial charge in [0.15, 0.2) is 0 Å². The van der Waals surface area contributed by atoms with Gasteiger partial charge in [-0.05, 0) is 56.7 Å². The predicted octanol–water partition coefficient (Wildman–Crippen LogP) is 2.76. The summed E-state index contributed by atoms with van der Waals surface area (Å²) in [6, 6.07) is 5.16. The normalized spacial score (nSPS) is 9.56. The van der Waals surface area contributed by atoms with Crippen LogP contribution in [-0.4, -0.2) is 5.11 Å². The highest BCUT2D eigenvalue weighted by atomic mass is 127. The third kappa shape index (κ3) is 1.82. The molecule has 0 bridgehead atoms. The molecular weight excluding hydrogens is 295 g/mol. The number of benzene rings is 1. The molecule has 0 amide bonds. The van der Waals surface area contributed by atoms with Gasteiger partial charge >= 0.3 is 0 Å². The summed E-state index contributed by atoms with van der Waals surface area (Å²) in [4.78, 5) is 0. The Morgan fingerprint density at radius 3 is 2.56 bits per heavy atom. The Bertz CT molecular complexity index is 224. The number of rotatable bonds is 0. The lowest BCUT2D eigenvalue weighted by Crippen LogP contribution is -1.71. The molecule has 0 heterocycles. The van der Waals surface area contributed by atoms with E-state index in [2.05, 4.69) is 38.5 Å². The van der Waals surface area contributed by atoms with E-state index in [0.717, 1.165) is 8.04 Å². The standard InChI is InChI=1S/C6H4BrIO/c7-5-2-1-4(9)3-6(5)8/h1-3,9H. The highest BCUT2D eigenvalue weighted by Crippen LogP contribution is 2.22. The number of hydrogen-bond acceptors (Lipinski definition) is 1. The third-order valence-electron chi connectivity index (χ3n) is 0.903. The SMILES string of the molecule is Oc1ccc(Br)c(I)c1. The number of halogens is 2. The van der Waals surface area contributed by atoms with Crippen LogP contribution >= 0.6 is 38.5 Å². The molecule has 0 aromatic heterocycles. The van der Waals surface area contributed by atoms with Gasteiger partial charge < -0.3 is 5.11 Å². The van der Waals surface area contributed by atoms with Gasteiger partial charge in [0.2, 0.25) is 0 Å². The van der Waals surface area contributed by atoms with Gasteiger partial charge in [-0.15, -0.1) is 0 Å².